The summed E-state index contributed by atoms with van der Waals surface area (Å²) in [5.41, 5.74) is 0.930. The maximum atomic E-state index is 12.8. The van der Waals surface area contributed by atoms with Crippen molar-refractivity contribution < 1.29 is 4.39 Å². The number of rotatable bonds is 5. The van der Waals surface area contributed by atoms with Crippen molar-refractivity contribution in [1.82, 2.24) is 15.2 Å². The quantitative estimate of drug-likeness (QED) is 0.870. The number of aromatic nitrogens is 1. The Morgan fingerprint density at radius 2 is 2.39 bits per heavy atom. The number of pyridine rings is 1. The van der Waals surface area contributed by atoms with E-state index in [4.69, 9.17) is 0 Å². The summed E-state index contributed by atoms with van der Waals surface area (Å²) in [4.78, 5) is 6.56. The molecule has 0 aliphatic carbocycles. The largest absolute Gasteiger partial charge is 0.307 e. The Morgan fingerprint density at radius 1 is 1.56 bits per heavy atom. The molecule has 1 saturated heterocycles. The van der Waals surface area contributed by atoms with Crippen molar-refractivity contribution in [3.63, 3.8) is 0 Å². The predicted molar refractivity (Wildman–Crippen MR) is 70.9 cm³/mol. The van der Waals surface area contributed by atoms with Crippen molar-refractivity contribution in [3.8, 4) is 0 Å². The van der Waals surface area contributed by atoms with Crippen molar-refractivity contribution in [2.24, 2.45) is 0 Å². The first-order valence-corrected chi connectivity index (χ1v) is 6.75. The Hall–Kier alpha value is -1.00. The molecule has 1 fully saturated rings. The topological polar surface area (TPSA) is 28.2 Å². The summed E-state index contributed by atoms with van der Waals surface area (Å²) in [7, 11) is 2.18. The van der Waals surface area contributed by atoms with Crippen LogP contribution in [0.5, 0.6) is 0 Å². The highest BCUT2D eigenvalue weighted by Gasteiger charge is 2.21. The Bertz CT molecular complexity index is 366. The summed E-state index contributed by atoms with van der Waals surface area (Å²) in [6.45, 7) is 4.30. The zero-order valence-electron chi connectivity index (χ0n) is 11.2. The monoisotopic (exact) mass is 251 g/mol. The van der Waals surface area contributed by atoms with E-state index >= 15 is 0 Å². The normalized spacial score (nSPS) is 22.3. The first kappa shape index (κ1) is 13.4. The molecule has 4 heteroatoms. The van der Waals surface area contributed by atoms with Crippen LogP contribution in [0.15, 0.2) is 18.3 Å². The van der Waals surface area contributed by atoms with E-state index in [1.165, 1.54) is 31.6 Å². The molecule has 1 aliphatic rings. The van der Waals surface area contributed by atoms with Gasteiger partial charge in [0.15, 0.2) is 0 Å². The number of nitrogens with zero attached hydrogens (tertiary/aromatic N) is 2. The van der Waals surface area contributed by atoms with E-state index in [0.29, 0.717) is 6.04 Å². The van der Waals surface area contributed by atoms with Crippen molar-refractivity contribution in [1.29, 1.82) is 0 Å². The molecule has 2 rings (SSSR count). The Balaban J connectivity index is 1.91. The molecule has 1 aromatic rings. The summed E-state index contributed by atoms with van der Waals surface area (Å²) >= 11 is 0. The fourth-order valence-electron chi connectivity index (χ4n) is 2.57. The van der Waals surface area contributed by atoms with Crippen LogP contribution in [0.3, 0.4) is 0 Å². The van der Waals surface area contributed by atoms with Crippen LogP contribution in [0.1, 0.15) is 37.9 Å². The second kappa shape index (κ2) is 6.25. The summed E-state index contributed by atoms with van der Waals surface area (Å²) in [5, 5.41) is 3.55. The standard InChI is InChI=1S/C14H22FN3/c1-3-13(14-7-6-11(15)9-16-14)17-10-12-5-4-8-18(12)2/h6-7,9,12-13,17H,3-5,8,10H2,1-2H3. The van der Waals surface area contributed by atoms with Crippen LogP contribution in [-0.4, -0.2) is 36.1 Å². The number of likely N-dealkylation sites (tertiary alicyclic amines) is 1. The summed E-state index contributed by atoms with van der Waals surface area (Å²) in [6, 6.07) is 4.10. The number of hydrogen-bond acceptors (Lipinski definition) is 3. The minimum Gasteiger partial charge on any atom is -0.307 e. The third-order valence-electron chi connectivity index (χ3n) is 3.79. The van der Waals surface area contributed by atoms with E-state index in [0.717, 1.165) is 18.7 Å². The van der Waals surface area contributed by atoms with Gasteiger partial charge in [0, 0.05) is 18.6 Å². The number of nitrogens with one attached hydrogen (secondary N) is 1. The Labute approximate surface area is 108 Å². The molecule has 2 heterocycles. The van der Waals surface area contributed by atoms with Crippen molar-refractivity contribution in [3.05, 3.63) is 29.8 Å². The molecule has 1 N–H and O–H groups in total. The van der Waals surface area contributed by atoms with Gasteiger partial charge in [-0.25, -0.2) is 4.39 Å². The zero-order chi connectivity index (χ0) is 13.0. The number of hydrogen-bond donors (Lipinski definition) is 1. The molecule has 3 nitrogen and oxygen atoms in total. The predicted octanol–water partition coefficient (Wildman–Crippen LogP) is 2.36. The highest BCUT2D eigenvalue weighted by molar-refractivity contribution is 5.09. The highest BCUT2D eigenvalue weighted by Crippen LogP contribution is 2.17. The van der Waals surface area contributed by atoms with Crippen LogP contribution in [0.2, 0.25) is 0 Å². The lowest BCUT2D eigenvalue weighted by Gasteiger charge is -2.23. The SMILES string of the molecule is CCC(NCC1CCCN1C)c1ccc(F)cn1. The lowest BCUT2D eigenvalue weighted by Crippen LogP contribution is -2.37. The van der Waals surface area contributed by atoms with Gasteiger partial charge in [0.25, 0.3) is 0 Å². The summed E-state index contributed by atoms with van der Waals surface area (Å²) < 4.78 is 12.8. The molecule has 0 spiro atoms. The first-order valence-electron chi connectivity index (χ1n) is 6.75. The average Bonchev–Trinajstić information content (AvgIpc) is 2.78. The molecule has 100 valence electrons. The fourth-order valence-corrected chi connectivity index (χ4v) is 2.57. The van der Waals surface area contributed by atoms with E-state index in [1.807, 2.05) is 0 Å². The highest BCUT2D eigenvalue weighted by atomic mass is 19.1. The van der Waals surface area contributed by atoms with E-state index in [1.54, 1.807) is 6.07 Å². The number of likely N-dealkylation sites (N-methyl/N-ethyl adjacent to an activating group) is 1. The summed E-state index contributed by atoms with van der Waals surface area (Å²) in [6.07, 6.45) is 4.81. The van der Waals surface area contributed by atoms with E-state index in [9.17, 15) is 4.39 Å². The molecule has 1 aromatic heterocycles. The maximum absolute atomic E-state index is 12.8. The van der Waals surface area contributed by atoms with Gasteiger partial charge in [0.05, 0.1) is 11.9 Å². The lowest BCUT2D eigenvalue weighted by atomic mass is 10.1. The van der Waals surface area contributed by atoms with Crippen LogP contribution in [0, 0.1) is 5.82 Å². The number of halogens is 1. The molecular weight excluding hydrogens is 229 g/mol. The van der Waals surface area contributed by atoms with Crippen molar-refractivity contribution in [2.45, 2.75) is 38.3 Å². The second-order valence-corrected chi connectivity index (χ2v) is 5.05. The minimum atomic E-state index is -0.274. The minimum absolute atomic E-state index is 0.222. The molecule has 1 aliphatic heterocycles. The van der Waals surface area contributed by atoms with E-state index in [-0.39, 0.29) is 11.9 Å². The molecular formula is C14H22FN3. The molecule has 0 saturated carbocycles. The van der Waals surface area contributed by atoms with Gasteiger partial charge >= 0.3 is 0 Å². The van der Waals surface area contributed by atoms with Gasteiger partial charge in [-0.3, -0.25) is 4.98 Å². The van der Waals surface area contributed by atoms with Gasteiger partial charge in [-0.1, -0.05) is 6.92 Å². The Kier molecular flexibility index (Phi) is 4.66. The van der Waals surface area contributed by atoms with Crippen molar-refractivity contribution in [2.75, 3.05) is 20.1 Å². The molecule has 0 radical (unpaired) electrons. The van der Waals surface area contributed by atoms with Gasteiger partial charge < -0.3 is 10.2 Å². The van der Waals surface area contributed by atoms with Gasteiger partial charge in [-0.15, -0.1) is 0 Å². The van der Waals surface area contributed by atoms with E-state index < -0.39 is 0 Å². The van der Waals surface area contributed by atoms with Crippen LogP contribution in [0.4, 0.5) is 4.39 Å². The molecule has 2 unspecified atom stereocenters. The van der Waals surface area contributed by atoms with Gasteiger partial charge in [-0.2, -0.15) is 0 Å². The first-order chi connectivity index (χ1) is 8.70. The van der Waals surface area contributed by atoms with Crippen LogP contribution in [-0.2, 0) is 0 Å². The molecule has 0 aromatic carbocycles. The summed E-state index contributed by atoms with van der Waals surface area (Å²) in [5.74, 6) is -0.274. The fraction of sp³-hybridized carbons (Fsp3) is 0.643. The smallest absolute Gasteiger partial charge is 0.141 e. The van der Waals surface area contributed by atoms with Gasteiger partial charge in [-0.05, 0) is 45.0 Å². The molecule has 2 atom stereocenters. The Morgan fingerprint density at radius 3 is 2.94 bits per heavy atom. The van der Waals surface area contributed by atoms with E-state index in [2.05, 4.69) is 29.2 Å². The molecule has 0 bridgehead atoms. The maximum Gasteiger partial charge on any atom is 0.141 e. The van der Waals surface area contributed by atoms with Gasteiger partial charge in [0.1, 0.15) is 5.82 Å². The average molecular weight is 251 g/mol. The van der Waals surface area contributed by atoms with Crippen molar-refractivity contribution >= 4 is 0 Å². The third kappa shape index (κ3) is 3.27. The van der Waals surface area contributed by atoms with Crippen LogP contribution in [0.25, 0.3) is 0 Å². The zero-order valence-corrected chi connectivity index (χ0v) is 11.2. The van der Waals surface area contributed by atoms with Crippen LogP contribution < -0.4 is 5.32 Å². The molecule has 18 heavy (non-hydrogen) atoms. The third-order valence-corrected chi connectivity index (χ3v) is 3.79. The second-order valence-electron chi connectivity index (χ2n) is 5.05. The molecule has 0 amide bonds. The van der Waals surface area contributed by atoms with Crippen LogP contribution >= 0.6 is 0 Å². The lowest BCUT2D eigenvalue weighted by molar-refractivity contribution is 0.289. The van der Waals surface area contributed by atoms with Gasteiger partial charge in [0.2, 0.25) is 0 Å².